The predicted molar refractivity (Wildman–Crippen MR) is 134 cm³/mol. The molecule has 1 aromatic carbocycles. The van der Waals surface area contributed by atoms with E-state index in [0.717, 1.165) is 0 Å². The van der Waals surface area contributed by atoms with Crippen LogP contribution in [0.2, 0.25) is 0 Å². The van der Waals surface area contributed by atoms with Crippen molar-refractivity contribution in [2.75, 3.05) is 41.2 Å². The molecule has 0 saturated heterocycles. The molecule has 9 nitrogen and oxygen atoms in total. The van der Waals surface area contributed by atoms with Crippen molar-refractivity contribution in [3.05, 3.63) is 33.9 Å². The lowest BCUT2D eigenvalue weighted by atomic mass is 9.80. The van der Waals surface area contributed by atoms with Gasteiger partial charge in [0.05, 0.1) is 13.7 Å². The Morgan fingerprint density at radius 2 is 1.69 bits per heavy atom. The van der Waals surface area contributed by atoms with Gasteiger partial charge in [-0.3, -0.25) is 14.9 Å². The van der Waals surface area contributed by atoms with Crippen molar-refractivity contribution in [3.63, 3.8) is 0 Å². The number of nitro groups is 1. The summed E-state index contributed by atoms with van der Waals surface area (Å²) in [6, 6.07) is 3.67. The van der Waals surface area contributed by atoms with E-state index in [4.69, 9.17) is 18.9 Å². The Morgan fingerprint density at radius 1 is 1.00 bits per heavy atom. The number of aliphatic hydroxyl groups is 1. The summed E-state index contributed by atoms with van der Waals surface area (Å²) in [5, 5.41) is 22.7. The number of carbonyl (C=O) groups is 1. The van der Waals surface area contributed by atoms with Crippen molar-refractivity contribution < 1.29 is 33.8 Å². The Morgan fingerprint density at radius 3 is 2.20 bits per heavy atom. The standard InChI is InChI=1S/C26H43NO8/c1-17(2)20(16-33-6)13-23(28)22(27(30)31)15-21(18(3)4)26(29)19-9-10-24(34-7)25(14-19)35-12-8-11-32-5/h9-10,14,17-18,20-23,28H,8,11-13,15-16H2,1-7H3/t20?,21?,22-,23?/m0/s1. The van der Waals surface area contributed by atoms with Gasteiger partial charge < -0.3 is 24.1 Å². The number of ketones is 1. The minimum Gasteiger partial charge on any atom is -0.493 e. The Balaban J connectivity index is 3.12. The minimum absolute atomic E-state index is 0.0231. The molecule has 0 saturated carbocycles. The van der Waals surface area contributed by atoms with Gasteiger partial charge in [-0.05, 0) is 42.4 Å². The highest BCUT2D eigenvalue weighted by molar-refractivity contribution is 5.98. The lowest BCUT2D eigenvalue weighted by Crippen LogP contribution is -2.40. The molecule has 0 radical (unpaired) electrons. The number of aliphatic hydroxyl groups excluding tert-OH is 1. The largest absolute Gasteiger partial charge is 0.493 e. The zero-order chi connectivity index (χ0) is 26.5. The molecule has 0 aliphatic rings. The first kappa shape index (κ1) is 30.8. The third-order valence-electron chi connectivity index (χ3n) is 6.42. The van der Waals surface area contributed by atoms with E-state index in [-0.39, 0.29) is 36.4 Å². The summed E-state index contributed by atoms with van der Waals surface area (Å²) in [4.78, 5) is 25.0. The molecular formula is C26H43NO8. The number of carbonyl (C=O) groups excluding carboxylic acids is 1. The van der Waals surface area contributed by atoms with Gasteiger partial charge in [-0.25, -0.2) is 0 Å². The molecule has 35 heavy (non-hydrogen) atoms. The van der Waals surface area contributed by atoms with Crippen LogP contribution in [0, 0.1) is 33.8 Å². The van der Waals surface area contributed by atoms with E-state index in [0.29, 0.717) is 43.3 Å². The number of nitrogens with zero attached hydrogens (tertiary/aromatic N) is 1. The summed E-state index contributed by atoms with van der Waals surface area (Å²) in [6.07, 6.45) is -0.330. The van der Waals surface area contributed by atoms with Crippen LogP contribution in [-0.2, 0) is 9.47 Å². The van der Waals surface area contributed by atoms with Crippen LogP contribution in [0.5, 0.6) is 11.5 Å². The molecule has 1 rings (SSSR count). The second kappa shape index (κ2) is 15.7. The fourth-order valence-corrected chi connectivity index (χ4v) is 4.08. The molecule has 1 aromatic rings. The van der Waals surface area contributed by atoms with Gasteiger partial charge in [0.2, 0.25) is 6.04 Å². The van der Waals surface area contributed by atoms with E-state index < -0.39 is 23.0 Å². The van der Waals surface area contributed by atoms with E-state index >= 15 is 0 Å². The molecule has 0 bridgehead atoms. The molecule has 4 atom stereocenters. The second-order valence-corrected chi connectivity index (χ2v) is 9.63. The predicted octanol–water partition coefficient (Wildman–Crippen LogP) is 4.27. The summed E-state index contributed by atoms with van der Waals surface area (Å²) < 4.78 is 21.4. The van der Waals surface area contributed by atoms with Crippen molar-refractivity contribution in [1.29, 1.82) is 0 Å². The summed E-state index contributed by atoms with van der Waals surface area (Å²) in [5.74, 6) is 0.0746. The number of benzene rings is 1. The first-order chi connectivity index (χ1) is 16.6. The third kappa shape index (κ3) is 9.74. The fourth-order valence-electron chi connectivity index (χ4n) is 4.08. The molecule has 1 N–H and O–H groups in total. The summed E-state index contributed by atoms with van der Waals surface area (Å²) in [7, 11) is 4.71. The van der Waals surface area contributed by atoms with E-state index in [1.165, 1.54) is 7.11 Å². The van der Waals surface area contributed by atoms with Crippen molar-refractivity contribution >= 4 is 5.78 Å². The van der Waals surface area contributed by atoms with Crippen LogP contribution in [0.1, 0.15) is 57.3 Å². The van der Waals surface area contributed by atoms with E-state index in [9.17, 15) is 20.0 Å². The lowest BCUT2D eigenvalue weighted by Gasteiger charge is -2.27. The van der Waals surface area contributed by atoms with Gasteiger partial charge in [0.1, 0.15) is 6.10 Å². The molecule has 0 aliphatic carbocycles. The lowest BCUT2D eigenvalue weighted by molar-refractivity contribution is -0.537. The van der Waals surface area contributed by atoms with Gasteiger partial charge in [0.15, 0.2) is 17.3 Å². The van der Waals surface area contributed by atoms with Crippen molar-refractivity contribution in [3.8, 4) is 11.5 Å². The zero-order valence-corrected chi connectivity index (χ0v) is 22.2. The van der Waals surface area contributed by atoms with Crippen LogP contribution < -0.4 is 9.47 Å². The van der Waals surface area contributed by atoms with Crippen LogP contribution >= 0.6 is 0 Å². The first-order valence-electron chi connectivity index (χ1n) is 12.2. The highest BCUT2D eigenvalue weighted by Gasteiger charge is 2.38. The van der Waals surface area contributed by atoms with Gasteiger partial charge in [-0.2, -0.15) is 0 Å². The smallest absolute Gasteiger partial charge is 0.239 e. The van der Waals surface area contributed by atoms with Crippen LogP contribution in [0.3, 0.4) is 0 Å². The zero-order valence-electron chi connectivity index (χ0n) is 22.2. The second-order valence-electron chi connectivity index (χ2n) is 9.63. The van der Waals surface area contributed by atoms with Gasteiger partial charge in [0.25, 0.3) is 0 Å². The topological polar surface area (TPSA) is 117 Å². The first-order valence-corrected chi connectivity index (χ1v) is 12.2. The summed E-state index contributed by atoms with van der Waals surface area (Å²) in [6.45, 7) is 9.06. The number of hydrogen-bond acceptors (Lipinski definition) is 8. The molecule has 0 heterocycles. The minimum atomic E-state index is -1.26. The quantitative estimate of drug-likeness (QED) is 0.138. The number of methoxy groups -OCH3 is 3. The van der Waals surface area contributed by atoms with E-state index in [1.807, 2.05) is 27.7 Å². The van der Waals surface area contributed by atoms with Gasteiger partial charge in [-0.1, -0.05) is 27.7 Å². The van der Waals surface area contributed by atoms with Crippen LogP contribution in [0.25, 0.3) is 0 Å². The maximum atomic E-state index is 13.5. The molecule has 3 unspecified atom stereocenters. The van der Waals surface area contributed by atoms with Gasteiger partial charge in [0, 0.05) is 56.7 Å². The average molecular weight is 498 g/mol. The van der Waals surface area contributed by atoms with Crippen molar-refractivity contribution in [2.45, 2.75) is 59.1 Å². The Hall–Kier alpha value is -2.23. The number of ether oxygens (including phenoxy) is 4. The highest BCUT2D eigenvalue weighted by Crippen LogP contribution is 2.32. The third-order valence-corrected chi connectivity index (χ3v) is 6.42. The van der Waals surface area contributed by atoms with Gasteiger partial charge in [-0.15, -0.1) is 0 Å². The molecule has 0 fully saturated rings. The van der Waals surface area contributed by atoms with Crippen LogP contribution in [0.15, 0.2) is 18.2 Å². The molecule has 0 spiro atoms. The Kier molecular flexibility index (Phi) is 13.8. The number of Topliss-reactive ketones (excluding diaryl/α,β-unsaturated/α-hetero) is 1. The average Bonchev–Trinajstić information content (AvgIpc) is 2.80. The van der Waals surface area contributed by atoms with Crippen molar-refractivity contribution in [2.24, 2.45) is 23.7 Å². The maximum absolute atomic E-state index is 13.5. The Bertz CT molecular complexity index is 783. The van der Waals surface area contributed by atoms with Gasteiger partial charge >= 0.3 is 0 Å². The number of hydrogen-bond donors (Lipinski definition) is 1. The molecular weight excluding hydrogens is 454 g/mol. The maximum Gasteiger partial charge on any atom is 0.239 e. The molecule has 0 amide bonds. The van der Waals surface area contributed by atoms with E-state index in [1.54, 1.807) is 32.4 Å². The van der Waals surface area contributed by atoms with Crippen molar-refractivity contribution in [1.82, 2.24) is 0 Å². The Labute approximate surface area is 209 Å². The van der Waals surface area contributed by atoms with Crippen LogP contribution in [-0.4, -0.2) is 69.1 Å². The fraction of sp³-hybridized carbons (Fsp3) is 0.731. The summed E-state index contributed by atoms with van der Waals surface area (Å²) >= 11 is 0. The number of rotatable bonds is 18. The molecule has 0 aromatic heterocycles. The SMILES string of the molecule is COCCCOc1cc(C(=O)C(C[C@@H](C(O)CC(COC)C(C)C)[N+](=O)[O-])C(C)C)ccc1OC. The molecule has 0 aliphatic heterocycles. The molecule has 9 heteroatoms. The monoisotopic (exact) mass is 497 g/mol. The highest BCUT2D eigenvalue weighted by atomic mass is 16.6. The van der Waals surface area contributed by atoms with E-state index in [2.05, 4.69) is 0 Å². The normalized spacial score (nSPS) is 15.0. The summed E-state index contributed by atoms with van der Waals surface area (Å²) in [5.41, 5.74) is 0.391. The molecule has 200 valence electrons. The van der Waals surface area contributed by atoms with Crippen LogP contribution in [0.4, 0.5) is 0 Å².